The summed E-state index contributed by atoms with van der Waals surface area (Å²) >= 11 is 0. The standard InChI is InChI=1S/C15H19N5O2/c21-14-3-1-2-13(10-14)15(22)19-7-4-18(5-8-19)6-9-20-12-16-11-17-20/h1-3,10-12,21H,4-9H2. The molecule has 0 unspecified atom stereocenters. The third kappa shape index (κ3) is 3.43. The summed E-state index contributed by atoms with van der Waals surface area (Å²) in [6.45, 7) is 4.80. The van der Waals surface area contributed by atoms with E-state index in [0.29, 0.717) is 18.7 Å². The molecular weight excluding hydrogens is 282 g/mol. The molecular formula is C15H19N5O2. The van der Waals surface area contributed by atoms with Gasteiger partial charge in [0.25, 0.3) is 5.91 Å². The van der Waals surface area contributed by atoms with Crippen LogP contribution in [0.2, 0.25) is 0 Å². The van der Waals surface area contributed by atoms with Gasteiger partial charge < -0.3 is 10.0 Å². The predicted octanol–water partition coefficient (Wildman–Crippen LogP) is 0.442. The van der Waals surface area contributed by atoms with Crippen LogP contribution in [0.1, 0.15) is 10.4 Å². The summed E-state index contributed by atoms with van der Waals surface area (Å²) in [7, 11) is 0. The lowest BCUT2D eigenvalue weighted by atomic mass is 10.1. The van der Waals surface area contributed by atoms with Crippen LogP contribution in [0.3, 0.4) is 0 Å². The molecule has 7 heteroatoms. The quantitative estimate of drug-likeness (QED) is 0.887. The maximum Gasteiger partial charge on any atom is 0.254 e. The van der Waals surface area contributed by atoms with Crippen molar-refractivity contribution >= 4 is 5.91 Å². The Bertz CT molecular complexity index is 621. The molecule has 0 aliphatic carbocycles. The van der Waals surface area contributed by atoms with Crippen LogP contribution in [0.15, 0.2) is 36.9 Å². The van der Waals surface area contributed by atoms with Gasteiger partial charge in [0, 0.05) is 38.3 Å². The molecule has 0 spiro atoms. The zero-order valence-electron chi connectivity index (χ0n) is 12.3. The lowest BCUT2D eigenvalue weighted by Crippen LogP contribution is -2.49. The minimum Gasteiger partial charge on any atom is -0.508 e. The van der Waals surface area contributed by atoms with E-state index < -0.39 is 0 Å². The van der Waals surface area contributed by atoms with Crippen molar-refractivity contribution in [2.75, 3.05) is 32.7 Å². The Morgan fingerprint density at radius 3 is 2.68 bits per heavy atom. The number of phenols is 1. The van der Waals surface area contributed by atoms with Gasteiger partial charge in [-0.2, -0.15) is 5.10 Å². The number of carbonyl (C=O) groups is 1. The first-order valence-corrected chi connectivity index (χ1v) is 7.35. The first kappa shape index (κ1) is 14.5. The maximum absolute atomic E-state index is 12.4. The largest absolute Gasteiger partial charge is 0.508 e. The van der Waals surface area contributed by atoms with Gasteiger partial charge in [-0.15, -0.1) is 0 Å². The zero-order chi connectivity index (χ0) is 15.4. The molecule has 7 nitrogen and oxygen atoms in total. The van der Waals surface area contributed by atoms with Crippen molar-refractivity contribution in [2.45, 2.75) is 6.54 Å². The van der Waals surface area contributed by atoms with E-state index in [1.165, 1.54) is 12.4 Å². The Balaban J connectivity index is 1.50. The highest BCUT2D eigenvalue weighted by molar-refractivity contribution is 5.94. The molecule has 2 heterocycles. The summed E-state index contributed by atoms with van der Waals surface area (Å²) in [6.07, 6.45) is 3.24. The summed E-state index contributed by atoms with van der Waals surface area (Å²) in [4.78, 5) is 20.4. The van der Waals surface area contributed by atoms with Gasteiger partial charge in [-0.1, -0.05) is 6.07 Å². The minimum atomic E-state index is -0.0215. The summed E-state index contributed by atoms with van der Waals surface area (Å²) in [5.74, 6) is 0.101. The molecule has 1 aromatic carbocycles. The van der Waals surface area contributed by atoms with Crippen LogP contribution in [0.5, 0.6) is 5.75 Å². The lowest BCUT2D eigenvalue weighted by molar-refractivity contribution is 0.0631. The van der Waals surface area contributed by atoms with E-state index in [1.54, 1.807) is 24.5 Å². The van der Waals surface area contributed by atoms with Gasteiger partial charge in [0.05, 0.1) is 6.54 Å². The Kier molecular flexibility index (Phi) is 4.34. The predicted molar refractivity (Wildman–Crippen MR) is 80.5 cm³/mol. The highest BCUT2D eigenvalue weighted by atomic mass is 16.3. The number of rotatable bonds is 4. The molecule has 116 valence electrons. The third-order valence-electron chi connectivity index (χ3n) is 3.86. The van der Waals surface area contributed by atoms with E-state index in [9.17, 15) is 9.90 Å². The molecule has 2 aromatic rings. The van der Waals surface area contributed by atoms with Crippen LogP contribution in [0.4, 0.5) is 0 Å². The SMILES string of the molecule is O=C(c1cccc(O)c1)N1CCN(CCn2cncn2)CC1. The highest BCUT2D eigenvalue weighted by Gasteiger charge is 2.22. The molecule has 3 rings (SSSR count). The van der Waals surface area contributed by atoms with Crippen LogP contribution in [-0.4, -0.2) is 68.3 Å². The van der Waals surface area contributed by atoms with Crippen LogP contribution < -0.4 is 0 Å². The molecule has 0 bridgehead atoms. The number of phenolic OH excluding ortho intramolecular Hbond substituents is 1. The number of aromatic hydroxyl groups is 1. The fraction of sp³-hybridized carbons (Fsp3) is 0.400. The molecule has 1 saturated heterocycles. The summed E-state index contributed by atoms with van der Waals surface area (Å²) < 4.78 is 1.81. The number of hydrogen-bond donors (Lipinski definition) is 1. The fourth-order valence-electron chi connectivity index (χ4n) is 2.59. The van der Waals surface area contributed by atoms with Gasteiger partial charge in [0.1, 0.15) is 18.4 Å². The van der Waals surface area contributed by atoms with E-state index in [2.05, 4.69) is 15.0 Å². The molecule has 22 heavy (non-hydrogen) atoms. The van der Waals surface area contributed by atoms with Crippen LogP contribution >= 0.6 is 0 Å². The number of piperazine rings is 1. The number of hydrogen-bond acceptors (Lipinski definition) is 5. The fourth-order valence-corrected chi connectivity index (χ4v) is 2.59. The van der Waals surface area contributed by atoms with Crippen molar-refractivity contribution < 1.29 is 9.90 Å². The molecule has 1 aromatic heterocycles. The highest BCUT2D eigenvalue weighted by Crippen LogP contribution is 2.14. The van der Waals surface area contributed by atoms with Gasteiger partial charge in [-0.05, 0) is 18.2 Å². The molecule has 1 N–H and O–H groups in total. The van der Waals surface area contributed by atoms with Gasteiger partial charge in [0.2, 0.25) is 0 Å². The Labute approximate surface area is 128 Å². The van der Waals surface area contributed by atoms with Crippen LogP contribution in [-0.2, 0) is 6.54 Å². The zero-order valence-corrected chi connectivity index (χ0v) is 12.3. The van der Waals surface area contributed by atoms with Crippen molar-refractivity contribution in [2.24, 2.45) is 0 Å². The van der Waals surface area contributed by atoms with Crippen molar-refractivity contribution in [1.29, 1.82) is 0 Å². The number of amides is 1. The van der Waals surface area contributed by atoms with Crippen molar-refractivity contribution in [3.8, 4) is 5.75 Å². The second-order valence-electron chi connectivity index (χ2n) is 5.34. The molecule has 1 aliphatic rings. The van der Waals surface area contributed by atoms with E-state index >= 15 is 0 Å². The van der Waals surface area contributed by atoms with Crippen LogP contribution in [0, 0.1) is 0 Å². The number of nitrogens with zero attached hydrogens (tertiary/aromatic N) is 5. The number of carbonyl (C=O) groups excluding carboxylic acids is 1. The van der Waals surface area contributed by atoms with Gasteiger partial charge >= 0.3 is 0 Å². The van der Waals surface area contributed by atoms with Gasteiger partial charge in [0.15, 0.2) is 0 Å². The van der Waals surface area contributed by atoms with Crippen molar-refractivity contribution in [1.82, 2.24) is 24.6 Å². The Hall–Kier alpha value is -2.41. The average Bonchev–Trinajstić information content (AvgIpc) is 3.06. The third-order valence-corrected chi connectivity index (χ3v) is 3.86. The molecule has 1 amide bonds. The molecule has 0 radical (unpaired) electrons. The lowest BCUT2D eigenvalue weighted by Gasteiger charge is -2.34. The molecule has 1 aliphatic heterocycles. The van der Waals surface area contributed by atoms with E-state index in [0.717, 1.165) is 26.2 Å². The second kappa shape index (κ2) is 6.57. The molecule has 0 saturated carbocycles. The summed E-state index contributed by atoms with van der Waals surface area (Å²) in [5.41, 5.74) is 0.538. The van der Waals surface area contributed by atoms with E-state index in [1.807, 2.05) is 9.58 Å². The van der Waals surface area contributed by atoms with Crippen molar-refractivity contribution in [3.63, 3.8) is 0 Å². The molecule has 0 atom stereocenters. The number of aromatic nitrogens is 3. The smallest absolute Gasteiger partial charge is 0.254 e. The summed E-state index contributed by atoms with van der Waals surface area (Å²) in [5, 5.41) is 13.6. The second-order valence-corrected chi connectivity index (χ2v) is 5.34. The van der Waals surface area contributed by atoms with Crippen molar-refractivity contribution in [3.05, 3.63) is 42.5 Å². The molecule has 1 fully saturated rings. The summed E-state index contributed by atoms with van der Waals surface area (Å²) in [6, 6.07) is 6.51. The van der Waals surface area contributed by atoms with Crippen LogP contribution in [0.25, 0.3) is 0 Å². The Morgan fingerprint density at radius 2 is 2.00 bits per heavy atom. The van der Waals surface area contributed by atoms with Gasteiger partial charge in [-0.25, -0.2) is 4.98 Å². The Morgan fingerprint density at radius 1 is 1.18 bits per heavy atom. The van der Waals surface area contributed by atoms with E-state index in [4.69, 9.17) is 0 Å². The first-order chi connectivity index (χ1) is 10.7. The minimum absolute atomic E-state index is 0.0215. The average molecular weight is 301 g/mol. The monoisotopic (exact) mass is 301 g/mol. The number of benzene rings is 1. The first-order valence-electron chi connectivity index (χ1n) is 7.35. The van der Waals surface area contributed by atoms with E-state index in [-0.39, 0.29) is 11.7 Å². The topological polar surface area (TPSA) is 74.5 Å². The normalized spacial score (nSPS) is 15.9. The maximum atomic E-state index is 12.4. The van der Waals surface area contributed by atoms with Gasteiger partial charge in [-0.3, -0.25) is 14.4 Å².